The SMILES string of the molecule is O=C(N1CCc2c(I)cc([N+](=O)[O-])cc2C1)C(F)(F)F.O=CO[O-].O=[N+]([O-])c1cc2c(c(-c3ccccc3Cl)c1)CCNC2.[H-].[K+].[K+]. The van der Waals surface area contributed by atoms with E-state index in [0.29, 0.717) is 25.6 Å². The Balaban J connectivity index is 0.000000765. The van der Waals surface area contributed by atoms with Crippen LogP contribution in [0.1, 0.15) is 23.7 Å². The van der Waals surface area contributed by atoms with Crippen molar-refractivity contribution >= 4 is 57.9 Å². The zero-order chi connectivity index (χ0) is 32.6. The van der Waals surface area contributed by atoms with E-state index in [2.05, 4.69) is 10.2 Å². The second-order valence-corrected chi connectivity index (χ2v) is 10.9. The molecule has 1 N–H and O–H groups in total. The van der Waals surface area contributed by atoms with Crippen molar-refractivity contribution in [1.29, 1.82) is 0 Å². The normalized spacial score (nSPS) is 13.0. The van der Waals surface area contributed by atoms with Gasteiger partial charge in [-0.05, 0) is 75.9 Å². The topological polar surface area (TPSA) is 168 Å². The summed E-state index contributed by atoms with van der Waals surface area (Å²) in [5, 5.41) is 34.2. The number of hydrogen-bond donors (Lipinski definition) is 1. The summed E-state index contributed by atoms with van der Waals surface area (Å²) in [6.45, 7) is 1.06. The second-order valence-electron chi connectivity index (χ2n) is 9.28. The zero-order valence-corrected chi connectivity index (χ0v) is 33.6. The number of benzene rings is 3. The van der Waals surface area contributed by atoms with Gasteiger partial charge in [0, 0.05) is 58.1 Å². The van der Waals surface area contributed by atoms with Crippen LogP contribution in [-0.2, 0) is 40.4 Å². The first kappa shape index (κ1) is 43.4. The Hall–Kier alpha value is -0.597. The van der Waals surface area contributed by atoms with Gasteiger partial charge in [0.1, 0.15) is 0 Å². The van der Waals surface area contributed by atoms with E-state index >= 15 is 0 Å². The van der Waals surface area contributed by atoms with Crippen molar-refractivity contribution in [3.05, 3.63) is 99.6 Å². The molecule has 2 heterocycles. The minimum absolute atomic E-state index is 0. The van der Waals surface area contributed by atoms with E-state index in [1.807, 2.05) is 46.9 Å². The summed E-state index contributed by atoms with van der Waals surface area (Å²) in [6, 6.07) is 13.4. The van der Waals surface area contributed by atoms with Gasteiger partial charge in [0.05, 0.1) is 9.85 Å². The summed E-state index contributed by atoms with van der Waals surface area (Å²) in [5.74, 6) is -1.91. The Morgan fingerprint density at radius 2 is 1.59 bits per heavy atom. The van der Waals surface area contributed by atoms with Crippen LogP contribution in [0.2, 0.25) is 5.02 Å². The van der Waals surface area contributed by atoms with Crippen LogP contribution in [0.5, 0.6) is 0 Å². The van der Waals surface area contributed by atoms with E-state index in [4.69, 9.17) is 21.7 Å². The quantitative estimate of drug-likeness (QED) is 0.0846. The molecular formula is C27H23ClF3IK2N4O8. The van der Waals surface area contributed by atoms with E-state index in [-0.39, 0.29) is 146 Å². The van der Waals surface area contributed by atoms with Crippen LogP contribution in [0.25, 0.3) is 11.1 Å². The fourth-order valence-corrected chi connectivity index (χ4v) is 5.89. The molecule has 0 bridgehead atoms. The Labute approximate surface area is 365 Å². The third-order valence-corrected chi connectivity index (χ3v) is 7.91. The molecular weight excluding hydrogens is 806 g/mol. The minimum atomic E-state index is -4.93. The Bertz CT molecular complexity index is 1590. The maximum Gasteiger partial charge on any atom is 1.00 e. The van der Waals surface area contributed by atoms with Crippen LogP contribution in [0.3, 0.4) is 0 Å². The van der Waals surface area contributed by atoms with Gasteiger partial charge < -0.3 is 21.8 Å². The molecule has 0 unspecified atom stereocenters. The first-order valence-electron chi connectivity index (χ1n) is 12.6. The summed E-state index contributed by atoms with van der Waals surface area (Å²) in [7, 11) is 0. The smallest absolute Gasteiger partial charge is 1.00 e. The molecule has 3 aromatic rings. The maximum atomic E-state index is 12.4. The molecule has 2 aliphatic heterocycles. The number of alkyl halides is 3. The van der Waals surface area contributed by atoms with Gasteiger partial charge in [0.15, 0.2) is 0 Å². The molecule has 0 saturated heterocycles. The largest absolute Gasteiger partial charge is 1.00 e. The average molecular weight is 829 g/mol. The monoisotopic (exact) mass is 828 g/mol. The molecule has 0 aliphatic carbocycles. The fourth-order valence-electron chi connectivity index (χ4n) is 4.72. The van der Waals surface area contributed by atoms with Crippen molar-refractivity contribution in [3.63, 3.8) is 0 Å². The number of non-ortho nitro benzene ring substituents is 2. The van der Waals surface area contributed by atoms with Gasteiger partial charge in [-0.1, -0.05) is 29.8 Å². The number of halogens is 5. The van der Waals surface area contributed by atoms with Gasteiger partial charge >= 0.3 is 115 Å². The third kappa shape index (κ3) is 11.8. The Morgan fingerprint density at radius 1 is 1.00 bits per heavy atom. The van der Waals surface area contributed by atoms with Crippen molar-refractivity contribution < 1.29 is 147 Å². The molecule has 0 aromatic heterocycles. The van der Waals surface area contributed by atoms with Crippen LogP contribution in [-0.4, -0.2) is 46.4 Å². The molecule has 0 saturated carbocycles. The number of amides is 1. The predicted molar refractivity (Wildman–Crippen MR) is 158 cm³/mol. The third-order valence-electron chi connectivity index (χ3n) is 6.61. The van der Waals surface area contributed by atoms with Crippen molar-refractivity contribution in [3.8, 4) is 11.1 Å². The van der Waals surface area contributed by atoms with Gasteiger partial charge in [-0.25, -0.2) is 0 Å². The van der Waals surface area contributed by atoms with Gasteiger partial charge in [-0.3, -0.25) is 29.8 Å². The van der Waals surface area contributed by atoms with E-state index in [1.165, 1.54) is 12.1 Å². The molecule has 0 spiro atoms. The molecule has 0 radical (unpaired) electrons. The summed E-state index contributed by atoms with van der Waals surface area (Å²) >= 11 is 8.16. The van der Waals surface area contributed by atoms with Gasteiger partial charge in [-0.2, -0.15) is 13.2 Å². The van der Waals surface area contributed by atoms with Gasteiger partial charge in [-0.15, -0.1) is 0 Å². The molecule has 0 atom stereocenters. The number of hydrogen-bond acceptors (Lipinski definition) is 9. The first-order valence-corrected chi connectivity index (χ1v) is 14.0. The molecule has 2 aliphatic rings. The molecule has 3 aromatic carbocycles. The molecule has 0 fully saturated rings. The number of nitro benzene ring substituents is 2. The van der Waals surface area contributed by atoms with E-state index in [0.717, 1.165) is 40.8 Å². The summed E-state index contributed by atoms with van der Waals surface area (Å²) < 4.78 is 37.8. The van der Waals surface area contributed by atoms with E-state index in [9.17, 15) is 38.2 Å². The molecule has 5 rings (SSSR count). The first-order chi connectivity index (χ1) is 20.8. The average Bonchev–Trinajstić information content (AvgIpc) is 3.00. The number of nitrogens with zero attached hydrogens (tertiary/aromatic N) is 3. The minimum Gasteiger partial charge on any atom is -1.00 e. The summed E-state index contributed by atoms with van der Waals surface area (Å²) in [6.07, 6.45) is -3.81. The standard InChI is InChI=1S/C15H13ClN2O2.C11H8F3IN2O3.CH2O3.2K.H/c16-15-4-2-1-3-13(15)14-8-11(18(19)20)7-10-9-17-6-5-12(10)14;12-11(13,14)10(18)16-2-1-8-6(5-16)3-7(17(19)20)4-9(8)15;2-1-4-3;;;/h1-4,7-8,17H,5-6,9H2;3-4H,1-2,5H2;1,3H;;;/q;;;2*+1;-1/p-1. The molecule has 1 amide bonds. The number of nitrogens with one attached hydrogen (secondary N) is 1. The number of carbonyl (C=O) groups excluding carboxylic acids is 2. The predicted octanol–water partition coefficient (Wildman–Crippen LogP) is -1.24. The molecule has 19 heteroatoms. The fraction of sp³-hybridized carbons (Fsp3) is 0.259. The Kier molecular flexibility index (Phi) is 19.0. The van der Waals surface area contributed by atoms with Crippen LogP contribution in [0.15, 0.2) is 48.5 Å². The van der Waals surface area contributed by atoms with Crippen molar-refractivity contribution in [2.45, 2.75) is 32.1 Å². The summed E-state index contributed by atoms with van der Waals surface area (Å²) in [5.41, 5.74) is 4.96. The van der Waals surface area contributed by atoms with E-state index in [1.54, 1.807) is 12.1 Å². The van der Waals surface area contributed by atoms with Crippen molar-refractivity contribution in [1.82, 2.24) is 10.2 Å². The van der Waals surface area contributed by atoms with Crippen LogP contribution in [0, 0.1) is 23.8 Å². The number of rotatable bonds is 4. The maximum absolute atomic E-state index is 12.4. The number of fused-ring (bicyclic) bond motifs is 2. The zero-order valence-electron chi connectivity index (χ0n) is 25.4. The van der Waals surface area contributed by atoms with Crippen molar-refractivity contribution in [2.24, 2.45) is 0 Å². The van der Waals surface area contributed by atoms with Crippen molar-refractivity contribution in [2.75, 3.05) is 13.1 Å². The van der Waals surface area contributed by atoms with Gasteiger partial charge in [0.2, 0.25) is 0 Å². The van der Waals surface area contributed by atoms with Gasteiger partial charge in [0.25, 0.3) is 17.8 Å². The van der Waals surface area contributed by atoms with Crippen LogP contribution >= 0.6 is 34.2 Å². The number of nitro groups is 2. The molecule has 236 valence electrons. The molecule has 46 heavy (non-hydrogen) atoms. The Morgan fingerprint density at radius 3 is 2.15 bits per heavy atom. The second kappa shape index (κ2) is 20.2. The summed E-state index contributed by atoms with van der Waals surface area (Å²) in [4.78, 5) is 44.0. The number of carbonyl (C=O) groups is 2. The molecule has 12 nitrogen and oxygen atoms in total. The van der Waals surface area contributed by atoms with Crippen LogP contribution in [0.4, 0.5) is 24.5 Å². The van der Waals surface area contributed by atoms with E-state index < -0.39 is 17.0 Å². The van der Waals surface area contributed by atoms with Crippen LogP contribution < -0.4 is 113 Å².